The number of halogens is 1. The molecule has 4 rings (SSSR count). The standard InChI is InChI=1S/C21H22ClN7O2/c1-10(28-19-16(17(23)20(30)25-2)18(24)26-9-27-19)14-8-11-4-3-5-13(22)15(11)21(31)29(14)12-6-7-12/h3-5,8-10,12,23H,6-7H2,1-2H3,(H,25,30)(H3,24,26,27,28). The minimum Gasteiger partial charge on any atom is -0.383 e. The summed E-state index contributed by atoms with van der Waals surface area (Å²) in [5, 5.41) is 15.5. The van der Waals surface area contributed by atoms with Crippen molar-refractivity contribution >= 4 is 45.6 Å². The molecule has 0 aliphatic heterocycles. The van der Waals surface area contributed by atoms with E-state index in [0.717, 1.165) is 23.9 Å². The zero-order valence-corrected chi connectivity index (χ0v) is 17.8. The highest BCUT2D eigenvalue weighted by Gasteiger charge is 2.30. The van der Waals surface area contributed by atoms with Gasteiger partial charge in [-0.25, -0.2) is 9.97 Å². The smallest absolute Gasteiger partial charge is 0.269 e. The van der Waals surface area contributed by atoms with Crippen molar-refractivity contribution < 1.29 is 4.79 Å². The number of likely N-dealkylation sites (N-methyl/N-ethyl adjacent to an activating group) is 1. The first kappa shape index (κ1) is 20.8. The summed E-state index contributed by atoms with van der Waals surface area (Å²) in [4.78, 5) is 33.4. The van der Waals surface area contributed by atoms with Crippen LogP contribution >= 0.6 is 11.6 Å². The average molecular weight is 440 g/mol. The lowest BCUT2D eigenvalue weighted by molar-refractivity contribution is -0.114. The number of nitrogens with zero attached hydrogens (tertiary/aromatic N) is 3. The lowest BCUT2D eigenvalue weighted by atomic mass is 10.1. The zero-order valence-electron chi connectivity index (χ0n) is 17.1. The number of hydrogen-bond donors (Lipinski definition) is 4. The Morgan fingerprint density at radius 2 is 2.10 bits per heavy atom. The van der Waals surface area contributed by atoms with E-state index in [2.05, 4.69) is 20.6 Å². The van der Waals surface area contributed by atoms with Crippen molar-refractivity contribution in [3.05, 3.63) is 57.2 Å². The van der Waals surface area contributed by atoms with E-state index in [1.807, 2.05) is 19.1 Å². The molecule has 1 amide bonds. The Bertz CT molecular complexity index is 1270. The molecule has 1 fully saturated rings. The van der Waals surface area contributed by atoms with Crippen LogP contribution < -0.4 is 21.9 Å². The largest absolute Gasteiger partial charge is 0.383 e. The monoisotopic (exact) mass is 439 g/mol. The van der Waals surface area contributed by atoms with E-state index < -0.39 is 5.91 Å². The number of nitrogens with two attached hydrogens (primary N) is 1. The lowest BCUT2D eigenvalue weighted by Gasteiger charge is -2.22. The predicted octanol–water partition coefficient (Wildman–Crippen LogP) is 2.65. The number of carbonyl (C=O) groups excluding carboxylic acids is 1. The minimum absolute atomic E-state index is 0.0168. The third kappa shape index (κ3) is 3.72. The first-order valence-corrected chi connectivity index (χ1v) is 10.2. The van der Waals surface area contributed by atoms with Gasteiger partial charge in [0.05, 0.1) is 22.0 Å². The van der Waals surface area contributed by atoms with Gasteiger partial charge in [-0.3, -0.25) is 15.0 Å². The van der Waals surface area contributed by atoms with Gasteiger partial charge < -0.3 is 20.9 Å². The van der Waals surface area contributed by atoms with Gasteiger partial charge in [-0.15, -0.1) is 0 Å². The number of nitrogens with one attached hydrogen (secondary N) is 3. The summed E-state index contributed by atoms with van der Waals surface area (Å²) < 4.78 is 1.78. The molecule has 1 saturated carbocycles. The number of hydrogen-bond acceptors (Lipinski definition) is 7. The quantitative estimate of drug-likeness (QED) is 0.435. The van der Waals surface area contributed by atoms with E-state index in [-0.39, 0.29) is 40.6 Å². The summed E-state index contributed by atoms with van der Waals surface area (Å²) in [6.07, 6.45) is 3.10. The van der Waals surface area contributed by atoms with Gasteiger partial charge in [-0.1, -0.05) is 23.7 Å². The second-order valence-corrected chi connectivity index (χ2v) is 7.89. The summed E-state index contributed by atoms with van der Waals surface area (Å²) in [7, 11) is 1.43. The molecule has 0 saturated heterocycles. The zero-order chi connectivity index (χ0) is 22.3. The maximum Gasteiger partial charge on any atom is 0.269 e. The van der Waals surface area contributed by atoms with Crippen LogP contribution in [0.4, 0.5) is 11.6 Å². The normalized spacial score (nSPS) is 14.3. The van der Waals surface area contributed by atoms with Gasteiger partial charge in [-0.05, 0) is 37.3 Å². The molecule has 1 aromatic carbocycles. The minimum atomic E-state index is -0.604. The second-order valence-electron chi connectivity index (χ2n) is 7.48. The Morgan fingerprint density at radius 1 is 1.35 bits per heavy atom. The van der Waals surface area contributed by atoms with Crippen molar-refractivity contribution in [2.45, 2.75) is 31.8 Å². The summed E-state index contributed by atoms with van der Waals surface area (Å²) in [6, 6.07) is 7.05. The van der Waals surface area contributed by atoms with E-state index in [4.69, 9.17) is 22.7 Å². The number of amides is 1. The van der Waals surface area contributed by atoms with Gasteiger partial charge in [0, 0.05) is 18.8 Å². The molecule has 1 unspecified atom stereocenters. The molecule has 1 aliphatic carbocycles. The Morgan fingerprint density at radius 3 is 2.77 bits per heavy atom. The second kappa shape index (κ2) is 7.99. The maximum absolute atomic E-state index is 13.3. The highest BCUT2D eigenvalue weighted by molar-refractivity contribution is 6.46. The van der Waals surface area contributed by atoms with E-state index in [9.17, 15) is 9.59 Å². The summed E-state index contributed by atoms with van der Waals surface area (Å²) in [6.45, 7) is 1.88. The molecule has 160 valence electrons. The fourth-order valence-corrected chi connectivity index (χ4v) is 3.93. The van der Waals surface area contributed by atoms with E-state index in [1.54, 1.807) is 16.7 Å². The van der Waals surface area contributed by atoms with Crippen molar-refractivity contribution in [3.63, 3.8) is 0 Å². The molecule has 0 spiro atoms. The third-order valence-corrected chi connectivity index (χ3v) is 5.66. The fourth-order valence-electron chi connectivity index (χ4n) is 3.67. The van der Waals surface area contributed by atoms with Crippen LogP contribution in [-0.2, 0) is 4.79 Å². The molecule has 2 heterocycles. The van der Waals surface area contributed by atoms with Crippen molar-refractivity contribution in [2.75, 3.05) is 18.1 Å². The van der Waals surface area contributed by atoms with Gasteiger partial charge in [0.15, 0.2) is 0 Å². The summed E-state index contributed by atoms with van der Waals surface area (Å²) >= 11 is 6.32. The van der Waals surface area contributed by atoms with E-state index in [1.165, 1.54) is 13.4 Å². The molecule has 3 aromatic rings. The number of benzene rings is 1. The van der Waals surface area contributed by atoms with Crippen LogP contribution in [0, 0.1) is 5.41 Å². The highest BCUT2D eigenvalue weighted by atomic mass is 35.5. The Labute approximate surface area is 183 Å². The van der Waals surface area contributed by atoms with Crippen molar-refractivity contribution in [3.8, 4) is 0 Å². The molecule has 31 heavy (non-hydrogen) atoms. The molecule has 10 heteroatoms. The number of pyridine rings is 1. The van der Waals surface area contributed by atoms with Gasteiger partial charge >= 0.3 is 0 Å². The Kier molecular flexibility index (Phi) is 5.36. The van der Waals surface area contributed by atoms with Crippen LogP contribution in [0.15, 0.2) is 35.4 Å². The molecular weight excluding hydrogens is 418 g/mol. The molecule has 9 nitrogen and oxygen atoms in total. The number of rotatable bonds is 6. The van der Waals surface area contributed by atoms with Crippen LogP contribution in [0.1, 0.15) is 43.1 Å². The topological polar surface area (TPSA) is 139 Å². The first-order valence-electron chi connectivity index (χ1n) is 9.85. The lowest BCUT2D eigenvalue weighted by Crippen LogP contribution is -2.30. The number of aromatic nitrogens is 3. The summed E-state index contributed by atoms with van der Waals surface area (Å²) in [5.74, 6) is -0.342. The number of nitrogen functional groups attached to an aromatic ring is 1. The predicted molar refractivity (Wildman–Crippen MR) is 121 cm³/mol. The first-order chi connectivity index (χ1) is 14.8. The van der Waals surface area contributed by atoms with Gasteiger partial charge in [0.1, 0.15) is 23.7 Å². The molecule has 5 N–H and O–H groups in total. The molecule has 1 aliphatic rings. The van der Waals surface area contributed by atoms with Crippen molar-refractivity contribution in [1.29, 1.82) is 5.41 Å². The van der Waals surface area contributed by atoms with Crippen LogP contribution in [0.3, 0.4) is 0 Å². The SMILES string of the molecule is CNC(=O)C(=N)c1c(N)ncnc1NC(C)c1cc2cccc(Cl)c2c(=O)n1C1CC1. The van der Waals surface area contributed by atoms with Crippen molar-refractivity contribution in [1.82, 2.24) is 19.9 Å². The molecule has 2 aromatic heterocycles. The molecule has 0 radical (unpaired) electrons. The average Bonchev–Trinajstić information content (AvgIpc) is 3.57. The Balaban J connectivity index is 1.80. The van der Waals surface area contributed by atoms with Crippen LogP contribution in [0.2, 0.25) is 5.02 Å². The Hall–Kier alpha value is -3.46. The fraction of sp³-hybridized carbons (Fsp3) is 0.286. The van der Waals surface area contributed by atoms with Gasteiger partial charge in [0.25, 0.3) is 11.5 Å². The number of anilines is 2. The number of carbonyl (C=O) groups is 1. The highest BCUT2D eigenvalue weighted by Crippen LogP contribution is 2.38. The van der Waals surface area contributed by atoms with Gasteiger partial charge in [0.2, 0.25) is 0 Å². The van der Waals surface area contributed by atoms with E-state index >= 15 is 0 Å². The van der Waals surface area contributed by atoms with Crippen LogP contribution in [0.25, 0.3) is 10.8 Å². The maximum atomic E-state index is 13.3. The molecular formula is C21H22ClN7O2. The van der Waals surface area contributed by atoms with Crippen molar-refractivity contribution in [2.24, 2.45) is 0 Å². The van der Waals surface area contributed by atoms with Crippen LogP contribution in [-0.4, -0.2) is 33.2 Å². The third-order valence-electron chi connectivity index (χ3n) is 5.35. The van der Waals surface area contributed by atoms with Gasteiger partial charge in [-0.2, -0.15) is 0 Å². The molecule has 0 bridgehead atoms. The number of fused-ring (bicyclic) bond motifs is 1. The van der Waals surface area contributed by atoms with E-state index in [0.29, 0.717) is 10.4 Å². The molecule has 1 atom stereocenters. The van der Waals surface area contributed by atoms with Crippen LogP contribution in [0.5, 0.6) is 0 Å². The summed E-state index contributed by atoms with van der Waals surface area (Å²) in [5.41, 5.74) is 6.34.